The Morgan fingerprint density at radius 2 is 1.14 bits per heavy atom. The largest absolute Gasteiger partial charge is 0.487 e. The van der Waals surface area contributed by atoms with Gasteiger partial charge in [-0.3, -0.25) is 0 Å². The molecule has 4 aromatic heterocycles. The molecule has 7 heteroatoms. The van der Waals surface area contributed by atoms with Gasteiger partial charge in [0.1, 0.15) is 23.7 Å². The van der Waals surface area contributed by atoms with Gasteiger partial charge in [-0.15, -0.1) is 0 Å². The van der Waals surface area contributed by atoms with Gasteiger partial charge in [0, 0.05) is 60.8 Å². The number of ether oxygens (including phenoxy) is 1. The Labute approximate surface area is 420 Å². The summed E-state index contributed by atoms with van der Waals surface area (Å²) in [6.07, 6.45) is 10.5. The van der Waals surface area contributed by atoms with Crippen molar-refractivity contribution in [1.82, 2.24) is 24.1 Å². The maximum atomic E-state index is 6.92. The van der Waals surface area contributed by atoms with E-state index >= 15 is 0 Å². The molecule has 0 N–H and O–H groups in total. The van der Waals surface area contributed by atoms with Gasteiger partial charge in [-0.25, -0.2) is 15.0 Å². The molecule has 0 radical (unpaired) electrons. The quantitative estimate of drug-likeness (QED) is 0.172. The summed E-state index contributed by atoms with van der Waals surface area (Å²) in [4.78, 5) is 16.7. The molecule has 1 aliphatic heterocycles. The Hall–Kier alpha value is -9.33. The van der Waals surface area contributed by atoms with E-state index in [1.54, 1.807) is 0 Å². The van der Waals surface area contributed by atoms with Gasteiger partial charge in [-0.2, -0.15) is 0 Å². The van der Waals surface area contributed by atoms with Gasteiger partial charge in [0.05, 0.1) is 27.8 Å². The summed E-state index contributed by atoms with van der Waals surface area (Å²) in [6, 6.07) is 66.9. The standard InChI is InChI=1S/C66H45N5O2/c1-40-16-13-25-50-62-52(27-15-31-60(62)73-63(40)50)66-68-64(67-65(69-66)51-26-14-29-56-61(51)49-24-10-11-28-55(49)70(56)47-22-3-2-4-23-47)46-33-32-41-17-9-12-30-59(41)72-39-48(34-46)71-57-37-44-20-7-5-18-42(44)35-53(57)54-36-43-19-6-8-21-45(43)38-58(54)71/h2-15,17-31,33-38,40H,16,32,39H2,1H3/b46-33+,48-34+. The summed E-state index contributed by atoms with van der Waals surface area (Å²) in [5.41, 5.74) is 12.1. The molecule has 0 bridgehead atoms. The Bertz CT molecular complexity index is 4440. The highest BCUT2D eigenvalue weighted by Gasteiger charge is 2.27. The number of benzene rings is 9. The van der Waals surface area contributed by atoms with E-state index in [-0.39, 0.29) is 5.92 Å². The number of aromatic nitrogens is 5. The molecule has 1 unspecified atom stereocenters. The first-order valence-electron chi connectivity index (χ1n) is 25.1. The van der Waals surface area contributed by atoms with Crippen molar-refractivity contribution in [3.8, 4) is 34.2 Å². The van der Waals surface area contributed by atoms with Crippen LogP contribution in [0.3, 0.4) is 0 Å². The highest BCUT2D eigenvalue weighted by molar-refractivity contribution is 6.18. The molecule has 0 fully saturated rings. The second kappa shape index (κ2) is 16.4. The van der Waals surface area contributed by atoms with E-state index in [0.29, 0.717) is 30.5 Å². The van der Waals surface area contributed by atoms with Crippen molar-refractivity contribution in [3.05, 3.63) is 229 Å². The van der Waals surface area contributed by atoms with Crippen LogP contribution in [-0.2, 0) is 6.42 Å². The molecule has 1 atom stereocenters. The van der Waals surface area contributed by atoms with E-state index < -0.39 is 0 Å². The van der Waals surface area contributed by atoms with Gasteiger partial charge in [-0.05, 0) is 107 Å². The summed E-state index contributed by atoms with van der Waals surface area (Å²) >= 11 is 0. The van der Waals surface area contributed by atoms with Crippen LogP contribution in [0.4, 0.5) is 0 Å². The Morgan fingerprint density at radius 1 is 0.521 bits per heavy atom. The number of rotatable bonds is 5. The fourth-order valence-electron chi connectivity index (χ4n) is 11.7. The van der Waals surface area contributed by atoms with E-state index in [4.69, 9.17) is 24.1 Å². The van der Waals surface area contributed by atoms with Crippen LogP contribution in [0.5, 0.6) is 5.75 Å². The predicted octanol–water partition coefficient (Wildman–Crippen LogP) is 16.5. The van der Waals surface area contributed by atoms with Crippen LogP contribution in [0.25, 0.3) is 122 Å². The maximum Gasteiger partial charge on any atom is 0.164 e. The maximum absolute atomic E-state index is 6.92. The van der Waals surface area contributed by atoms with Crippen molar-refractivity contribution in [2.75, 3.05) is 6.61 Å². The smallest absolute Gasteiger partial charge is 0.164 e. The predicted molar refractivity (Wildman–Crippen MR) is 299 cm³/mol. The molecule has 73 heavy (non-hydrogen) atoms. The van der Waals surface area contributed by atoms with Crippen molar-refractivity contribution < 1.29 is 9.15 Å². The van der Waals surface area contributed by atoms with Crippen LogP contribution >= 0.6 is 0 Å². The van der Waals surface area contributed by atoms with E-state index in [1.807, 2.05) is 0 Å². The lowest BCUT2D eigenvalue weighted by Gasteiger charge is -2.16. The minimum atomic E-state index is 0.249. The van der Waals surface area contributed by atoms with Crippen molar-refractivity contribution in [3.63, 3.8) is 0 Å². The van der Waals surface area contributed by atoms with Crippen molar-refractivity contribution in [2.45, 2.75) is 25.7 Å². The SMILES string of the molecule is CC1CC=Cc2c1oc1cccc(-c3nc(C4=C/Cc5ccccc5OC/C(n5c6cc7ccccc7cc6c6cc7ccccc7cc65)=C\4)nc(-c4cccc5c4c4ccccc4n5-c4ccccc4)n3)c21. The molecular formula is C66H45N5O2. The van der Waals surface area contributed by atoms with Crippen LogP contribution in [0.1, 0.15) is 42.0 Å². The first-order valence-corrected chi connectivity index (χ1v) is 25.1. The normalized spacial score (nSPS) is 16.3. The molecule has 0 saturated carbocycles. The molecule has 15 rings (SSSR count). The molecule has 0 amide bonds. The zero-order chi connectivity index (χ0) is 48.1. The van der Waals surface area contributed by atoms with Gasteiger partial charge in [0.2, 0.25) is 0 Å². The number of hydrogen-bond acceptors (Lipinski definition) is 5. The molecule has 1 aliphatic carbocycles. The zero-order valence-corrected chi connectivity index (χ0v) is 40.0. The summed E-state index contributed by atoms with van der Waals surface area (Å²) in [5, 5.41) is 10.3. The number of allylic oxidation sites excluding steroid dienone is 4. The second-order valence-corrected chi connectivity index (χ2v) is 19.5. The Balaban J connectivity index is 1.03. The fourth-order valence-corrected chi connectivity index (χ4v) is 11.7. The minimum Gasteiger partial charge on any atom is -0.487 e. The minimum absolute atomic E-state index is 0.249. The summed E-state index contributed by atoms with van der Waals surface area (Å²) < 4.78 is 18.3. The third-order valence-electron chi connectivity index (χ3n) is 15.1. The lowest BCUT2D eigenvalue weighted by atomic mass is 9.92. The number of para-hydroxylation sites is 3. The van der Waals surface area contributed by atoms with Crippen molar-refractivity contribution in [1.29, 1.82) is 0 Å². The van der Waals surface area contributed by atoms with E-state index in [9.17, 15) is 0 Å². The monoisotopic (exact) mass is 939 g/mol. The Morgan fingerprint density at radius 3 is 1.89 bits per heavy atom. The van der Waals surface area contributed by atoms with Gasteiger partial charge in [-0.1, -0.05) is 153 Å². The van der Waals surface area contributed by atoms with Crippen molar-refractivity contribution in [2.24, 2.45) is 0 Å². The van der Waals surface area contributed by atoms with Gasteiger partial charge in [0.15, 0.2) is 17.5 Å². The van der Waals surface area contributed by atoms with Crippen LogP contribution in [-0.4, -0.2) is 30.7 Å². The molecule has 0 saturated heterocycles. The van der Waals surface area contributed by atoms with Crippen LogP contribution in [0.2, 0.25) is 0 Å². The molecule has 13 aromatic rings. The lowest BCUT2D eigenvalue weighted by Crippen LogP contribution is -2.09. The highest BCUT2D eigenvalue weighted by Crippen LogP contribution is 2.44. The van der Waals surface area contributed by atoms with E-state index in [2.05, 4.69) is 228 Å². The van der Waals surface area contributed by atoms with Gasteiger partial charge >= 0.3 is 0 Å². The Kier molecular flexibility index (Phi) is 9.29. The highest BCUT2D eigenvalue weighted by atomic mass is 16.5. The molecule has 0 spiro atoms. The van der Waals surface area contributed by atoms with Crippen molar-refractivity contribution >= 4 is 93.5 Å². The molecular weight excluding hydrogens is 895 g/mol. The lowest BCUT2D eigenvalue weighted by molar-refractivity contribution is 0.362. The molecule has 346 valence electrons. The first-order chi connectivity index (χ1) is 36.1. The summed E-state index contributed by atoms with van der Waals surface area (Å²) in [7, 11) is 0. The fraction of sp³-hybridized carbons (Fsp3) is 0.0758. The first kappa shape index (κ1) is 41.5. The molecule has 2 aliphatic rings. The number of hydrogen-bond donors (Lipinski definition) is 0. The molecule has 7 nitrogen and oxygen atoms in total. The van der Waals surface area contributed by atoms with Gasteiger partial charge < -0.3 is 18.3 Å². The van der Waals surface area contributed by atoms with E-state index in [1.165, 1.54) is 32.3 Å². The van der Waals surface area contributed by atoms with Crippen LogP contribution < -0.4 is 4.74 Å². The zero-order valence-electron chi connectivity index (χ0n) is 40.0. The third kappa shape index (κ3) is 6.62. The van der Waals surface area contributed by atoms with Gasteiger partial charge in [0.25, 0.3) is 0 Å². The van der Waals surface area contributed by atoms with E-state index in [0.717, 1.165) is 101 Å². The topological polar surface area (TPSA) is 70.9 Å². The number of nitrogens with zero attached hydrogens (tertiary/aromatic N) is 5. The summed E-state index contributed by atoms with van der Waals surface area (Å²) in [6.45, 7) is 2.52. The molecule has 9 aromatic carbocycles. The number of fused-ring (bicyclic) bond motifs is 12. The average Bonchev–Trinajstić information content (AvgIpc) is 4.11. The third-order valence-corrected chi connectivity index (χ3v) is 15.1. The molecule has 5 heterocycles. The van der Waals surface area contributed by atoms with Crippen LogP contribution in [0, 0.1) is 0 Å². The summed E-state index contributed by atoms with van der Waals surface area (Å²) in [5.74, 6) is 3.82. The second-order valence-electron chi connectivity index (χ2n) is 19.5. The average molecular weight is 940 g/mol. The number of furan rings is 1. The van der Waals surface area contributed by atoms with Crippen LogP contribution in [0.15, 0.2) is 211 Å².